The number of hydrogen-bond donors (Lipinski definition) is 2. The van der Waals surface area contributed by atoms with Crippen LogP contribution in [-0.4, -0.2) is 22.2 Å². The molecule has 0 bridgehead atoms. The topological polar surface area (TPSA) is 122 Å². The monoisotopic (exact) mass is 258 g/mol. The quantitative estimate of drug-likeness (QED) is 0.794. The molecule has 0 atom stereocenters. The Morgan fingerprint density at radius 2 is 1.84 bits per heavy atom. The third kappa shape index (κ3) is 7.72. The summed E-state index contributed by atoms with van der Waals surface area (Å²) in [5.41, 5.74) is 1.09. The van der Waals surface area contributed by atoms with E-state index in [-0.39, 0.29) is 0 Å². The van der Waals surface area contributed by atoms with Gasteiger partial charge in [-0.3, -0.25) is 4.79 Å². The molecule has 19 heavy (non-hydrogen) atoms. The van der Waals surface area contributed by atoms with Crippen molar-refractivity contribution < 1.29 is 19.8 Å². The van der Waals surface area contributed by atoms with Crippen molar-refractivity contribution in [2.75, 3.05) is 0 Å². The molecule has 0 heterocycles. The fourth-order valence-corrected chi connectivity index (χ4v) is 0.973. The third-order valence-corrected chi connectivity index (χ3v) is 1.72. The van der Waals surface area contributed by atoms with Gasteiger partial charge in [-0.15, -0.1) is 0 Å². The molecule has 96 valence electrons. The summed E-state index contributed by atoms with van der Waals surface area (Å²) >= 11 is 0. The zero-order valence-corrected chi connectivity index (χ0v) is 9.78. The van der Waals surface area contributed by atoms with Crippen LogP contribution in [0, 0.1) is 22.7 Å². The van der Waals surface area contributed by atoms with E-state index < -0.39 is 18.4 Å². The Morgan fingerprint density at radius 3 is 2.26 bits per heavy atom. The van der Waals surface area contributed by atoms with E-state index in [0.29, 0.717) is 11.1 Å². The van der Waals surface area contributed by atoms with Gasteiger partial charge >= 0.3 is 11.9 Å². The molecule has 1 rings (SSSR count). The summed E-state index contributed by atoms with van der Waals surface area (Å²) in [4.78, 5) is 19.6. The Morgan fingerprint density at radius 1 is 1.21 bits per heavy atom. The van der Waals surface area contributed by atoms with Crippen LogP contribution >= 0.6 is 0 Å². The highest BCUT2D eigenvalue weighted by molar-refractivity contribution is 5.85. The molecule has 0 saturated carbocycles. The fraction of sp³-hybridized carbons (Fsp3) is 0.0769. The molecule has 0 saturated heterocycles. The predicted molar refractivity (Wildman–Crippen MR) is 65.7 cm³/mol. The number of benzene rings is 1. The van der Waals surface area contributed by atoms with Gasteiger partial charge in [-0.2, -0.15) is 10.5 Å². The van der Waals surface area contributed by atoms with E-state index in [9.17, 15) is 9.59 Å². The number of carboxylic acids is 2. The average molecular weight is 258 g/mol. The summed E-state index contributed by atoms with van der Waals surface area (Å²) in [5, 5.41) is 32.3. The van der Waals surface area contributed by atoms with E-state index in [4.69, 9.17) is 20.7 Å². The molecule has 2 N–H and O–H groups in total. The van der Waals surface area contributed by atoms with E-state index in [1.54, 1.807) is 24.3 Å². The SMILES string of the molecule is N#CCC(=O)O.N#Cc1ccccc1C=CC(=O)O. The molecule has 0 aliphatic carbocycles. The Labute approximate surface area is 109 Å². The summed E-state index contributed by atoms with van der Waals surface area (Å²) < 4.78 is 0. The lowest BCUT2D eigenvalue weighted by Crippen LogP contribution is -1.88. The van der Waals surface area contributed by atoms with Gasteiger partial charge in [0.25, 0.3) is 0 Å². The van der Waals surface area contributed by atoms with Crippen molar-refractivity contribution in [1.82, 2.24) is 0 Å². The normalized spacial score (nSPS) is 8.74. The minimum absolute atomic E-state index is 0.403. The summed E-state index contributed by atoms with van der Waals surface area (Å²) in [6, 6.07) is 10.3. The highest BCUT2D eigenvalue weighted by Gasteiger charge is 1.96. The molecule has 0 radical (unpaired) electrons. The zero-order chi connectivity index (χ0) is 14.7. The van der Waals surface area contributed by atoms with Crippen molar-refractivity contribution >= 4 is 18.0 Å². The van der Waals surface area contributed by atoms with Crippen molar-refractivity contribution in [1.29, 1.82) is 10.5 Å². The maximum absolute atomic E-state index is 10.2. The van der Waals surface area contributed by atoms with E-state index >= 15 is 0 Å². The van der Waals surface area contributed by atoms with E-state index in [2.05, 4.69) is 0 Å². The zero-order valence-electron chi connectivity index (χ0n) is 9.78. The number of hydrogen-bond acceptors (Lipinski definition) is 4. The van der Waals surface area contributed by atoms with Gasteiger partial charge in [-0.1, -0.05) is 18.2 Å². The Balaban J connectivity index is 0.000000459. The maximum Gasteiger partial charge on any atom is 0.328 e. The van der Waals surface area contributed by atoms with Crippen LogP contribution in [0.4, 0.5) is 0 Å². The van der Waals surface area contributed by atoms with Crippen LogP contribution < -0.4 is 0 Å². The smallest absolute Gasteiger partial charge is 0.328 e. The second kappa shape index (κ2) is 8.97. The molecule has 0 spiro atoms. The van der Waals surface area contributed by atoms with E-state index in [1.165, 1.54) is 12.1 Å². The highest BCUT2D eigenvalue weighted by Crippen LogP contribution is 2.08. The van der Waals surface area contributed by atoms with Gasteiger partial charge < -0.3 is 10.2 Å². The molecule has 0 fully saturated rings. The lowest BCUT2D eigenvalue weighted by molar-refractivity contribution is -0.136. The minimum Gasteiger partial charge on any atom is -0.480 e. The van der Waals surface area contributed by atoms with Crippen LogP contribution in [0.2, 0.25) is 0 Å². The van der Waals surface area contributed by atoms with E-state index in [0.717, 1.165) is 6.08 Å². The number of carbonyl (C=O) groups is 2. The summed E-state index contributed by atoms with van der Waals surface area (Å²) in [5.74, 6) is -2.09. The van der Waals surface area contributed by atoms with Gasteiger partial charge in [0, 0.05) is 6.08 Å². The molecular formula is C13H10N2O4. The average Bonchev–Trinajstić information content (AvgIpc) is 2.37. The first-order valence-corrected chi connectivity index (χ1v) is 5.00. The molecule has 0 unspecified atom stereocenters. The first kappa shape index (κ1) is 15.9. The van der Waals surface area contributed by atoms with Gasteiger partial charge in [0.2, 0.25) is 0 Å². The number of rotatable bonds is 3. The van der Waals surface area contributed by atoms with Crippen LogP contribution in [0.5, 0.6) is 0 Å². The van der Waals surface area contributed by atoms with Crippen LogP contribution in [0.15, 0.2) is 30.3 Å². The highest BCUT2D eigenvalue weighted by atomic mass is 16.4. The van der Waals surface area contributed by atoms with Gasteiger partial charge in [0.1, 0.15) is 6.42 Å². The van der Waals surface area contributed by atoms with Gasteiger partial charge in [0.15, 0.2) is 0 Å². The van der Waals surface area contributed by atoms with Crippen molar-refractivity contribution in [3.05, 3.63) is 41.5 Å². The summed E-state index contributed by atoms with van der Waals surface area (Å²) in [7, 11) is 0. The number of nitrogens with zero attached hydrogens (tertiary/aromatic N) is 2. The maximum atomic E-state index is 10.2. The van der Waals surface area contributed by atoms with Gasteiger partial charge in [-0.05, 0) is 17.7 Å². The molecule has 0 aliphatic heterocycles. The first-order chi connectivity index (χ1) is 9.01. The fourth-order valence-electron chi connectivity index (χ4n) is 0.973. The molecule has 6 heteroatoms. The lowest BCUT2D eigenvalue weighted by Gasteiger charge is -1.94. The number of nitriles is 2. The van der Waals surface area contributed by atoms with Gasteiger partial charge in [0.05, 0.1) is 17.7 Å². The van der Waals surface area contributed by atoms with Crippen LogP contribution in [0.1, 0.15) is 17.5 Å². The third-order valence-electron chi connectivity index (χ3n) is 1.72. The summed E-state index contributed by atoms with van der Waals surface area (Å²) in [6.45, 7) is 0. The molecule has 6 nitrogen and oxygen atoms in total. The number of aliphatic carboxylic acids is 2. The van der Waals surface area contributed by atoms with Crippen LogP contribution in [0.25, 0.3) is 6.08 Å². The predicted octanol–water partition coefficient (Wildman–Crippen LogP) is 1.64. The van der Waals surface area contributed by atoms with Crippen molar-refractivity contribution in [2.24, 2.45) is 0 Å². The second-order valence-electron chi connectivity index (χ2n) is 3.10. The molecule has 0 aliphatic rings. The minimum atomic E-state index is -1.07. The van der Waals surface area contributed by atoms with E-state index in [1.807, 2.05) is 6.07 Å². The Kier molecular flexibility index (Phi) is 7.49. The largest absolute Gasteiger partial charge is 0.480 e. The molecular weight excluding hydrogens is 248 g/mol. The number of carboxylic acid groups (broad SMARTS) is 2. The van der Waals surface area contributed by atoms with Crippen molar-refractivity contribution in [3.63, 3.8) is 0 Å². The molecule has 1 aromatic carbocycles. The first-order valence-electron chi connectivity index (χ1n) is 5.00. The second-order valence-corrected chi connectivity index (χ2v) is 3.10. The molecule has 0 aromatic heterocycles. The molecule has 1 aromatic rings. The Bertz CT molecular complexity index is 565. The van der Waals surface area contributed by atoms with Crippen LogP contribution in [-0.2, 0) is 9.59 Å². The van der Waals surface area contributed by atoms with Crippen LogP contribution in [0.3, 0.4) is 0 Å². The van der Waals surface area contributed by atoms with Gasteiger partial charge in [-0.25, -0.2) is 4.79 Å². The summed E-state index contributed by atoms with van der Waals surface area (Å²) in [6.07, 6.45) is 2.01. The lowest BCUT2D eigenvalue weighted by atomic mass is 10.1. The van der Waals surface area contributed by atoms with Crippen molar-refractivity contribution in [2.45, 2.75) is 6.42 Å². The standard InChI is InChI=1S/C10H7NO2.C3H3NO2/c11-7-9-4-2-1-3-8(9)5-6-10(12)13;4-2-1-3(5)6/h1-6H,(H,12,13);1H2,(H,5,6). The van der Waals surface area contributed by atoms with Crippen molar-refractivity contribution in [3.8, 4) is 12.1 Å². The molecule has 0 amide bonds. The Hall–Kier alpha value is -3.12.